The molecule has 1 saturated carbocycles. The van der Waals surface area contributed by atoms with Crippen LogP contribution in [0.4, 0.5) is 5.69 Å². The third-order valence-electron chi connectivity index (χ3n) is 3.19. The van der Waals surface area contributed by atoms with Crippen molar-refractivity contribution in [3.63, 3.8) is 0 Å². The lowest BCUT2D eigenvalue weighted by atomic mass is 10.3. The first-order chi connectivity index (χ1) is 9.62. The Kier molecular flexibility index (Phi) is 5.39. The lowest BCUT2D eigenvalue weighted by Crippen LogP contribution is -2.23. The number of anilines is 1. The molecule has 0 aliphatic heterocycles. The van der Waals surface area contributed by atoms with Crippen molar-refractivity contribution in [3.05, 3.63) is 24.3 Å². The number of benzene rings is 1. The lowest BCUT2D eigenvalue weighted by molar-refractivity contribution is 0.584. The van der Waals surface area contributed by atoms with E-state index in [-0.39, 0.29) is 0 Å². The maximum atomic E-state index is 11.8. The average molecular weight is 297 g/mol. The molecule has 6 heteroatoms. The van der Waals surface area contributed by atoms with Gasteiger partial charge in [-0.05, 0) is 50.1 Å². The molecule has 0 unspecified atom stereocenters. The smallest absolute Gasteiger partial charge is 0.240 e. The van der Waals surface area contributed by atoms with Crippen molar-refractivity contribution in [1.29, 1.82) is 0 Å². The van der Waals surface area contributed by atoms with E-state index >= 15 is 0 Å². The highest BCUT2D eigenvalue weighted by atomic mass is 32.2. The predicted molar refractivity (Wildman–Crippen MR) is 81.4 cm³/mol. The van der Waals surface area contributed by atoms with Crippen LogP contribution in [-0.4, -0.2) is 34.1 Å². The fourth-order valence-electron chi connectivity index (χ4n) is 1.94. The highest BCUT2D eigenvalue weighted by molar-refractivity contribution is 7.89. The molecule has 1 aliphatic carbocycles. The average Bonchev–Trinajstić information content (AvgIpc) is 3.23. The topological polar surface area (TPSA) is 70.2 Å². The zero-order chi connectivity index (χ0) is 14.4. The van der Waals surface area contributed by atoms with E-state index in [1.807, 2.05) is 0 Å². The molecule has 20 heavy (non-hydrogen) atoms. The SMILES string of the molecule is CCNS(=O)(=O)c1ccc(NCCCNC2CC2)cc1. The van der Waals surface area contributed by atoms with Crippen LogP contribution < -0.4 is 15.4 Å². The molecule has 1 fully saturated rings. The second kappa shape index (κ2) is 7.06. The van der Waals surface area contributed by atoms with Crippen molar-refractivity contribution in [2.75, 3.05) is 25.0 Å². The van der Waals surface area contributed by atoms with Gasteiger partial charge in [0, 0.05) is 24.8 Å². The minimum absolute atomic E-state index is 0.306. The van der Waals surface area contributed by atoms with Gasteiger partial charge in [-0.1, -0.05) is 6.92 Å². The lowest BCUT2D eigenvalue weighted by Gasteiger charge is -2.08. The summed E-state index contributed by atoms with van der Waals surface area (Å²) in [5, 5.41) is 6.75. The van der Waals surface area contributed by atoms with E-state index in [4.69, 9.17) is 0 Å². The van der Waals surface area contributed by atoms with Crippen molar-refractivity contribution >= 4 is 15.7 Å². The van der Waals surface area contributed by atoms with E-state index < -0.39 is 10.0 Å². The molecule has 0 bridgehead atoms. The molecule has 0 spiro atoms. The third-order valence-corrected chi connectivity index (χ3v) is 4.75. The Hall–Kier alpha value is -1.11. The molecule has 0 amide bonds. The van der Waals surface area contributed by atoms with Crippen LogP contribution in [0.25, 0.3) is 0 Å². The first-order valence-corrected chi connectivity index (χ1v) is 8.67. The molecule has 1 aromatic rings. The second-order valence-corrected chi connectivity index (χ2v) is 6.80. The van der Waals surface area contributed by atoms with E-state index in [9.17, 15) is 8.42 Å². The number of nitrogens with one attached hydrogen (secondary N) is 3. The van der Waals surface area contributed by atoms with Crippen molar-refractivity contribution in [3.8, 4) is 0 Å². The maximum absolute atomic E-state index is 11.8. The van der Waals surface area contributed by atoms with E-state index in [0.29, 0.717) is 11.4 Å². The molecule has 0 atom stereocenters. The third kappa shape index (κ3) is 4.77. The van der Waals surface area contributed by atoms with Gasteiger partial charge in [0.25, 0.3) is 0 Å². The van der Waals surface area contributed by atoms with Gasteiger partial charge in [-0.15, -0.1) is 0 Å². The normalized spacial score (nSPS) is 15.2. The van der Waals surface area contributed by atoms with Crippen LogP contribution >= 0.6 is 0 Å². The summed E-state index contributed by atoms with van der Waals surface area (Å²) in [6.07, 6.45) is 3.69. The highest BCUT2D eigenvalue weighted by Gasteiger charge is 2.19. The second-order valence-electron chi connectivity index (χ2n) is 5.03. The van der Waals surface area contributed by atoms with Crippen molar-refractivity contribution in [1.82, 2.24) is 10.0 Å². The fraction of sp³-hybridized carbons (Fsp3) is 0.571. The Morgan fingerprint density at radius 3 is 2.45 bits per heavy atom. The Morgan fingerprint density at radius 1 is 1.15 bits per heavy atom. The van der Waals surface area contributed by atoms with Crippen LogP contribution in [0, 0.1) is 0 Å². The summed E-state index contributed by atoms with van der Waals surface area (Å²) < 4.78 is 26.0. The Bertz CT molecular complexity index is 510. The van der Waals surface area contributed by atoms with Gasteiger partial charge < -0.3 is 10.6 Å². The molecule has 0 radical (unpaired) electrons. The Labute approximate surface area is 121 Å². The van der Waals surface area contributed by atoms with Crippen molar-refractivity contribution in [2.45, 2.75) is 37.1 Å². The first-order valence-electron chi connectivity index (χ1n) is 7.19. The van der Waals surface area contributed by atoms with Gasteiger partial charge in [0.1, 0.15) is 0 Å². The predicted octanol–water partition coefficient (Wildman–Crippen LogP) is 1.54. The Morgan fingerprint density at radius 2 is 1.85 bits per heavy atom. The molecular formula is C14H23N3O2S. The zero-order valence-corrected chi connectivity index (χ0v) is 12.7. The highest BCUT2D eigenvalue weighted by Crippen LogP contribution is 2.18. The zero-order valence-electron chi connectivity index (χ0n) is 11.9. The van der Waals surface area contributed by atoms with Crippen LogP contribution in [-0.2, 0) is 10.0 Å². The number of hydrogen-bond donors (Lipinski definition) is 3. The minimum atomic E-state index is -3.35. The van der Waals surface area contributed by atoms with Gasteiger partial charge in [0.05, 0.1) is 4.90 Å². The summed E-state index contributed by atoms with van der Waals surface area (Å²) in [5.74, 6) is 0. The monoisotopic (exact) mass is 297 g/mol. The summed E-state index contributed by atoms with van der Waals surface area (Å²) in [7, 11) is -3.35. The summed E-state index contributed by atoms with van der Waals surface area (Å²) in [4.78, 5) is 0.306. The van der Waals surface area contributed by atoms with Crippen molar-refractivity contribution in [2.24, 2.45) is 0 Å². The van der Waals surface area contributed by atoms with Gasteiger partial charge in [0.2, 0.25) is 10.0 Å². The minimum Gasteiger partial charge on any atom is -0.385 e. The number of sulfonamides is 1. The molecule has 1 aliphatic rings. The molecule has 0 saturated heterocycles. The van der Waals surface area contributed by atoms with Gasteiger partial charge in [-0.3, -0.25) is 0 Å². The largest absolute Gasteiger partial charge is 0.385 e. The fourth-order valence-corrected chi connectivity index (χ4v) is 2.98. The van der Waals surface area contributed by atoms with Crippen LogP contribution in [0.1, 0.15) is 26.2 Å². The van der Waals surface area contributed by atoms with Gasteiger partial charge >= 0.3 is 0 Å². The van der Waals surface area contributed by atoms with Gasteiger partial charge in [-0.2, -0.15) is 0 Å². The van der Waals surface area contributed by atoms with E-state index in [0.717, 1.165) is 31.2 Å². The van der Waals surface area contributed by atoms with E-state index in [1.54, 1.807) is 31.2 Å². The molecule has 5 nitrogen and oxygen atoms in total. The van der Waals surface area contributed by atoms with E-state index in [1.165, 1.54) is 12.8 Å². The molecule has 1 aromatic carbocycles. The van der Waals surface area contributed by atoms with E-state index in [2.05, 4.69) is 15.4 Å². The number of rotatable bonds is 9. The molecule has 112 valence electrons. The van der Waals surface area contributed by atoms with Crippen LogP contribution in [0.2, 0.25) is 0 Å². The van der Waals surface area contributed by atoms with Crippen LogP contribution in [0.3, 0.4) is 0 Å². The molecule has 0 heterocycles. The quantitative estimate of drug-likeness (QED) is 0.605. The summed E-state index contributed by atoms with van der Waals surface area (Å²) in [6.45, 7) is 4.09. The molecular weight excluding hydrogens is 274 g/mol. The maximum Gasteiger partial charge on any atom is 0.240 e. The summed E-state index contributed by atoms with van der Waals surface area (Å²) in [5.41, 5.74) is 0.951. The van der Waals surface area contributed by atoms with Crippen LogP contribution in [0.5, 0.6) is 0 Å². The number of hydrogen-bond acceptors (Lipinski definition) is 4. The Balaban J connectivity index is 1.75. The van der Waals surface area contributed by atoms with Gasteiger partial charge in [-0.25, -0.2) is 13.1 Å². The molecule has 0 aromatic heterocycles. The molecule has 2 rings (SSSR count). The first kappa shape index (κ1) is 15.3. The summed E-state index contributed by atoms with van der Waals surface area (Å²) >= 11 is 0. The summed E-state index contributed by atoms with van der Waals surface area (Å²) in [6, 6.07) is 7.62. The van der Waals surface area contributed by atoms with Crippen molar-refractivity contribution < 1.29 is 8.42 Å². The molecule has 3 N–H and O–H groups in total. The van der Waals surface area contributed by atoms with Gasteiger partial charge in [0.15, 0.2) is 0 Å². The standard InChI is InChI=1S/C14H23N3O2S/c1-2-17-20(18,19)14-8-6-13(7-9-14)16-11-3-10-15-12-4-5-12/h6-9,12,15-17H,2-5,10-11H2,1H3. The van der Waals surface area contributed by atoms with Crippen LogP contribution in [0.15, 0.2) is 29.2 Å².